The molecular formula is C21H20INO4. The highest BCUT2D eigenvalue weighted by Crippen LogP contribution is 2.27. The monoisotopic (exact) mass is 477 g/mol. The molecule has 2 aromatic rings. The number of halogens is 1. The average molecular weight is 477 g/mol. The fourth-order valence-electron chi connectivity index (χ4n) is 3.10. The molecule has 0 aliphatic carbocycles. The number of fused-ring (bicyclic) bond motifs is 1. The van der Waals surface area contributed by atoms with Crippen molar-refractivity contribution in [3.63, 3.8) is 0 Å². The molecule has 2 aromatic carbocycles. The van der Waals surface area contributed by atoms with Crippen LogP contribution in [-0.4, -0.2) is 33.2 Å². The summed E-state index contributed by atoms with van der Waals surface area (Å²) in [4.78, 5) is 39.4. The molecular weight excluding hydrogens is 457 g/mol. The summed E-state index contributed by atoms with van der Waals surface area (Å²) in [5.41, 5.74) is 1.55. The Hall–Kier alpha value is -2.22. The maximum atomic E-state index is 12.8. The summed E-state index contributed by atoms with van der Waals surface area (Å²) >= 11 is 2.27. The largest absolute Gasteiger partial charge is 0.459 e. The normalized spacial score (nSPS) is 14.2. The van der Waals surface area contributed by atoms with E-state index in [0.717, 1.165) is 27.7 Å². The lowest BCUT2D eigenvalue weighted by Crippen LogP contribution is -2.45. The first-order valence-electron chi connectivity index (χ1n) is 8.87. The number of benzene rings is 2. The summed E-state index contributed by atoms with van der Waals surface area (Å²) in [5.74, 6) is -1.39. The summed E-state index contributed by atoms with van der Waals surface area (Å²) in [6.07, 6.45) is 2.05. The molecule has 0 N–H and O–H groups in total. The molecule has 0 saturated carbocycles. The number of alkyl halides is 1. The molecule has 1 heterocycles. The van der Waals surface area contributed by atoms with Crippen molar-refractivity contribution >= 4 is 40.4 Å². The predicted molar refractivity (Wildman–Crippen MR) is 110 cm³/mol. The van der Waals surface area contributed by atoms with Gasteiger partial charge in [0.2, 0.25) is 0 Å². The Morgan fingerprint density at radius 3 is 2.11 bits per heavy atom. The van der Waals surface area contributed by atoms with Crippen molar-refractivity contribution in [2.45, 2.75) is 31.9 Å². The third kappa shape index (κ3) is 4.37. The van der Waals surface area contributed by atoms with Crippen LogP contribution in [0.15, 0.2) is 54.6 Å². The Balaban J connectivity index is 1.78. The van der Waals surface area contributed by atoms with Crippen LogP contribution in [0.4, 0.5) is 0 Å². The molecule has 6 heteroatoms. The number of ether oxygens (including phenoxy) is 1. The number of carbonyl (C=O) groups is 3. The maximum Gasteiger partial charge on any atom is 0.329 e. The van der Waals surface area contributed by atoms with Crippen molar-refractivity contribution < 1.29 is 19.1 Å². The van der Waals surface area contributed by atoms with Gasteiger partial charge in [0.25, 0.3) is 11.8 Å². The molecule has 140 valence electrons. The fourth-order valence-corrected chi connectivity index (χ4v) is 3.64. The number of rotatable bonds is 8. The molecule has 0 unspecified atom stereocenters. The van der Waals surface area contributed by atoms with Crippen LogP contribution in [-0.2, 0) is 16.1 Å². The molecule has 3 rings (SSSR count). The van der Waals surface area contributed by atoms with Gasteiger partial charge in [-0.05, 0) is 35.0 Å². The van der Waals surface area contributed by atoms with Crippen molar-refractivity contribution in [3.05, 3.63) is 71.3 Å². The number of nitrogens with zero attached hydrogens (tertiary/aromatic N) is 1. The Morgan fingerprint density at radius 1 is 0.926 bits per heavy atom. The SMILES string of the molecule is O=C(OCc1ccccc1)[C@H](CCCCI)N1C(=O)c2ccccc2C1=O. The molecule has 0 radical (unpaired) electrons. The quantitative estimate of drug-likeness (QED) is 0.190. The molecule has 1 aliphatic rings. The zero-order valence-electron chi connectivity index (χ0n) is 14.8. The number of hydrogen-bond donors (Lipinski definition) is 0. The van der Waals surface area contributed by atoms with Crippen LogP contribution >= 0.6 is 22.6 Å². The highest BCUT2D eigenvalue weighted by molar-refractivity contribution is 14.1. The molecule has 0 bridgehead atoms. The predicted octanol–water partition coefficient (Wildman–Crippen LogP) is 4.00. The molecule has 5 nitrogen and oxygen atoms in total. The van der Waals surface area contributed by atoms with Crippen molar-refractivity contribution in [2.24, 2.45) is 0 Å². The van der Waals surface area contributed by atoms with E-state index in [9.17, 15) is 14.4 Å². The molecule has 2 amide bonds. The number of carbonyl (C=O) groups excluding carboxylic acids is 3. The van der Waals surface area contributed by atoms with Gasteiger partial charge in [-0.2, -0.15) is 0 Å². The summed E-state index contributed by atoms with van der Waals surface area (Å²) in [5, 5.41) is 0. The van der Waals surface area contributed by atoms with Gasteiger partial charge in [0, 0.05) is 0 Å². The number of amides is 2. The van der Waals surface area contributed by atoms with E-state index < -0.39 is 23.8 Å². The second-order valence-corrected chi connectivity index (χ2v) is 7.40. The summed E-state index contributed by atoms with van der Waals surface area (Å²) in [7, 11) is 0. The standard InChI is InChI=1S/C21H20INO4/c22-13-7-6-12-18(21(26)27-14-15-8-2-1-3-9-15)23-19(24)16-10-4-5-11-17(16)20(23)25/h1-5,8-11,18H,6-7,12-14H2/t18-/m0/s1. The minimum Gasteiger partial charge on any atom is -0.459 e. The molecule has 0 spiro atoms. The van der Waals surface area contributed by atoms with Gasteiger partial charge < -0.3 is 4.74 Å². The van der Waals surface area contributed by atoms with Gasteiger partial charge in [-0.25, -0.2) is 4.79 Å². The zero-order valence-corrected chi connectivity index (χ0v) is 16.9. The number of hydrogen-bond acceptors (Lipinski definition) is 4. The number of unbranched alkanes of at least 4 members (excludes halogenated alkanes) is 1. The number of imide groups is 1. The Bertz CT molecular complexity index is 802. The first-order chi connectivity index (χ1) is 13.1. The van der Waals surface area contributed by atoms with Gasteiger partial charge in [-0.1, -0.05) is 71.5 Å². The van der Waals surface area contributed by atoms with Gasteiger partial charge in [0.1, 0.15) is 12.6 Å². The highest BCUT2D eigenvalue weighted by Gasteiger charge is 2.43. The van der Waals surface area contributed by atoms with E-state index in [1.165, 1.54) is 0 Å². The third-order valence-electron chi connectivity index (χ3n) is 4.49. The highest BCUT2D eigenvalue weighted by atomic mass is 127. The zero-order chi connectivity index (χ0) is 19.2. The van der Waals surface area contributed by atoms with Gasteiger partial charge in [-0.3, -0.25) is 14.5 Å². The van der Waals surface area contributed by atoms with E-state index in [1.54, 1.807) is 24.3 Å². The minimum atomic E-state index is -0.899. The summed E-state index contributed by atoms with van der Waals surface area (Å²) in [6.45, 7) is 0.117. The van der Waals surface area contributed by atoms with Gasteiger partial charge in [0.15, 0.2) is 0 Å². The number of esters is 1. The van der Waals surface area contributed by atoms with Gasteiger partial charge in [0.05, 0.1) is 11.1 Å². The molecule has 0 aromatic heterocycles. The van der Waals surface area contributed by atoms with Gasteiger partial charge >= 0.3 is 5.97 Å². The van der Waals surface area contributed by atoms with Crippen LogP contribution < -0.4 is 0 Å². The van der Waals surface area contributed by atoms with Crippen LogP contribution in [0.25, 0.3) is 0 Å². The Morgan fingerprint density at radius 2 is 1.52 bits per heavy atom. The first kappa shape index (κ1) is 19.5. The van der Waals surface area contributed by atoms with Crippen LogP contribution in [0.5, 0.6) is 0 Å². The Kier molecular flexibility index (Phi) is 6.60. The topological polar surface area (TPSA) is 63.7 Å². The van der Waals surface area contributed by atoms with E-state index in [4.69, 9.17) is 4.74 Å². The third-order valence-corrected chi connectivity index (χ3v) is 5.26. The molecule has 0 fully saturated rings. The molecule has 1 aliphatic heterocycles. The lowest BCUT2D eigenvalue weighted by Gasteiger charge is -2.24. The van der Waals surface area contributed by atoms with E-state index in [2.05, 4.69) is 22.6 Å². The second kappa shape index (κ2) is 9.12. The maximum absolute atomic E-state index is 12.8. The smallest absolute Gasteiger partial charge is 0.329 e. The van der Waals surface area contributed by atoms with E-state index in [-0.39, 0.29) is 6.61 Å². The van der Waals surface area contributed by atoms with E-state index in [0.29, 0.717) is 17.5 Å². The van der Waals surface area contributed by atoms with E-state index in [1.807, 2.05) is 30.3 Å². The first-order valence-corrected chi connectivity index (χ1v) is 10.4. The lowest BCUT2D eigenvalue weighted by molar-refractivity contribution is -0.150. The van der Waals surface area contributed by atoms with E-state index >= 15 is 0 Å². The van der Waals surface area contributed by atoms with Crippen molar-refractivity contribution in [1.82, 2.24) is 4.90 Å². The molecule has 27 heavy (non-hydrogen) atoms. The Labute approximate surface area is 171 Å². The van der Waals surface area contributed by atoms with Gasteiger partial charge in [-0.15, -0.1) is 0 Å². The lowest BCUT2D eigenvalue weighted by atomic mass is 10.1. The summed E-state index contributed by atoms with van der Waals surface area (Å²) < 4.78 is 6.39. The molecule has 1 atom stereocenters. The van der Waals surface area contributed by atoms with Crippen molar-refractivity contribution in [1.29, 1.82) is 0 Å². The second-order valence-electron chi connectivity index (χ2n) is 6.32. The van der Waals surface area contributed by atoms with Crippen LogP contribution in [0, 0.1) is 0 Å². The van der Waals surface area contributed by atoms with Crippen molar-refractivity contribution in [3.8, 4) is 0 Å². The molecule has 0 saturated heterocycles. The van der Waals surface area contributed by atoms with Crippen LogP contribution in [0.2, 0.25) is 0 Å². The van der Waals surface area contributed by atoms with Crippen LogP contribution in [0.1, 0.15) is 45.5 Å². The summed E-state index contributed by atoms with van der Waals surface area (Å²) in [6, 6.07) is 15.1. The average Bonchev–Trinajstić information content (AvgIpc) is 2.95. The van der Waals surface area contributed by atoms with Crippen LogP contribution in [0.3, 0.4) is 0 Å². The fraction of sp³-hybridized carbons (Fsp3) is 0.286. The van der Waals surface area contributed by atoms with Crippen molar-refractivity contribution in [2.75, 3.05) is 4.43 Å². The minimum absolute atomic E-state index is 0.117.